The molecule has 0 spiro atoms. The molecule has 0 saturated heterocycles. The van der Waals surface area contributed by atoms with E-state index in [4.69, 9.17) is 11.6 Å². The second-order valence-corrected chi connectivity index (χ2v) is 8.49. The summed E-state index contributed by atoms with van der Waals surface area (Å²) in [5, 5.41) is 0. The fraction of sp³-hybridized carbons (Fsp3) is 0.455. The van der Waals surface area contributed by atoms with Gasteiger partial charge < -0.3 is 0 Å². The van der Waals surface area contributed by atoms with E-state index in [2.05, 4.69) is 0 Å². The molecule has 1 aromatic carbocycles. The molecule has 0 aliphatic carbocycles. The summed E-state index contributed by atoms with van der Waals surface area (Å²) in [6.07, 6.45) is 0. The molecule has 0 saturated carbocycles. The van der Waals surface area contributed by atoms with Crippen molar-refractivity contribution >= 4 is 31.3 Å². The van der Waals surface area contributed by atoms with Gasteiger partial charge in [-0.3, -0.25) is 0 Å². The van der Waals surface area contributed by atoms with Crippen molar-refractivity contribution in [2.45, 2.75) is 22.5 Å². The molecule has 0 aromatic heterocycles. The molecule has 20 heavy (non-hydrogen) atoms. The smallest absolute Gasteiger partial charge is 0.224 e. The predicted molar refractivity (Wildman–Crippen MR) is 71.6 cm³/mol. The Morgan fingerprint density at radius 2 is 1.60 bits per heavy atom. The molecule has 1 atom stereocenters. The van der Waals surface area contributed by atoms with Gasteiger partial charge in [0.15, 0.2) is 9.84 Å². The molecule has 9 heteroatoms. The number of hydrogen-bond acceptors (Lipinski definition) is 4. The summed E-state index contributed by atoms with van der Waals surface area (Å²) >= 11 is 5.52. The Labute approximate surface area is 121 Å². The van der Waals surface area contributed by atoms with Crippen molar-refractivity contribution in [2.24, 2.45) is 5.92 Å². The summed E-state index contributed by atoms with van der Waals surface area (Å²) in [6, 6.07) is 4.34. The molecule has 0 heterocycles. The summed E-state index contributed by atoms with van der Waals surface area (Å²) in [7, 11) is -8.99. The highest BCUT2D eigenvalue weighted by Crippen LogP contribution is 2.27. The Bertz CT molecular complexity index is 671. The molecule has 1 unspecified atom stereocenters. The van der Waals surface area contributed by atoms with Crippen LogP contribution in [0.25, 0.3) is 0 Å². The topological polar surface area (TPSA) is 68.3 Å². The molecule has 1 aromatic rings. The quantitative estimate of drug-likeness (QED) is 0.741. The molecular weight excluding hydrogens is 334 g/mol. The maximum Gasteiger partial charge on any atom is 0.341 e. The summed E-state index contributed by atoms with van der Waals surface area (Å²) in [5.74, 6) is -4.46. The van der Waals surface area contributed by atoms with Gasteiger partial charge in [0, 0.05) is 5.88 Å². The number of alkyl halides is 3. The summed E-state index contributed by atoms with van der Waals surface area (Å²) in [5.41, 5.74) is 0. The number of hydrogen-bond donors (Lipinski definition) is 0. The van der Waals surface area contributed by atoms with E-state index in [1.54, 1.807) is 6.92 Å². The van der Waals surface area contributed by atoms with Crippen LogP contribution in [-0.4, -0.2) is 34.2 Å². The van der Waals surface area contributed by atoms with Gasteiger partial charge in [-0.05, 0) is 18.1 Å². The van der Waals surface area contributed by atoms with E-state index in [0.29, 0.717) is 0 Å². The Hall–Kier alpha value is -0.730. The second-order valence-electron chi connectivity index (χ2n) is 4.29. The van der Waals surface area contributed by atoms with Gasteiger partial charge in [-0.2, -0.15) is 8.78 Å². The van der Waals surface area contributed by atoms with Gasteiger partial charge in [0.1, 0.15) is 0 Å². The lowest BCUT2D eigenvalue weighted by molar-refractivity contribution is 0.234. The molecule has 1 rings (SSSR count). The Balaban J connectivity index is 3.42. The van der Waals surface area contributed by atoms with Crippen LogP contribution < -0.4 is 0 Å². The molecule has 0 N–H and O–H groups in total. The first-order chi connectivity index (χ1) is 9.13. The van der Waals surface area contributed by atoms with E-state index in [0.717, 1.165) is 12.1 Å². The lowest BCUT2D eigenvalue weighted by atomic mass is 10.3. The molecule has 0 amide bonds. The molecule has 0 bridgehead atoms. The fourth-order valence-corrected chi connectivity index (χ4v) is 5.03. The standard InChI is InChI=1S/C11H13ClF2O4S2/c1-8(6-12)7-19(15,16)9-4-2-3-5-10(9)20(17,18)11(13)14/h2-5,8,11H,6-7H2,1H3. The van der Waals surface area contributed by atoms with Gasteiger partial charge in [0.2, 0.25) is 9.84 Å². The normalized spacial score (nSPS) is 14.4. The van der Waals surface area contributed by atoms with Gasteiger partial charge >= 0.3 is 5.76 Å². The van der Waals surface area contributed by atoms with Crippen molar-refractivity contribution in [2.75, 3.05) is 11.6 Å². The van der Waals surface area contributed by atoms with Gasteiger partial charge in [0.05, 0.1) is 15.5 Å². The van der Waals surface area contributed by atoms with Crippen molar-refractivity contribution in [3.05, 3.63) is 24.3 Å². The van der Waals surface area contributed by atoms with Crippen LogP contribution in [0.4, 0.5) is 8.78 Å². The third-order valence-electron chi connectivity index (χ3n) is 2.49. The minimum absolute atomic E-state index is 0.0585. The summed E-state index contributed by atoms with van der Waals surface area (Å²) in [4.78, 5) is -1.49. The maximum absolute atomic E-state index is 12.6. The van der Waals surface area contributed by atoms with E-state index < -0.39 is 46.9 Å². The monoisotopic (exact) mass is 346 g/mol. The molecule has 0 radical (unpaired) electrons. The minimum atomic E-state index is -4.98. The van der Waals surface area contributed by atoms with E-state index in [9.17, 15) is 25.6 Å². The van der Waals surface area contributed by atoms with Crippen LogP contribution in [-0.2, 0) is 19.7 Å². The van der Waals surface area contributed by atoms with Crippen LogP contribution in [0.2, 0.25) is 0 Å². The SMILES string of the molecule is CC(CCl)CS(=O)(=O)c1ccccc1S(=O)(=O)C(F)F. The molecule has 4 nitrogen and oxygen atoms in total. The van der Waals surface area contributed by atoms with Crippen LogP contribution in [0.15, 0.2) is 34.1 Å². The zero-order valence-electron chi connectivity index (χ0n) is 10.5. The maximum atomic E-state index is 12.6. The third kappa shape index (κ3) is 3.67. The van der Waals surface area contributed by atoms with E-state index >= 15 is 0 Å². The Morgan fingerprint density at radius 3 is 2.05 bits per heavy atom. The van der Waals surface area contributed by atoms with E-state index in [-0.39, 0.29) is 5.88 Å². The summed E-state index contributed by atoms with van der Waals surface area (Å²) < 4.78 is 72.5. The Kier molecular flexibility index (Phi) is 5.51. The second kappa shape index (κ2) is 6.36. The first kappa shape index (κ1) is 17.3. The zero-order chi connectivity index (χ0) is 15.6. The number of benzene rings is 1. The minimum Gasteiger partial charge on any atom is -0.224 e. The van der Waals surface area contributed by atoms with Gasteiger partial charge in [0.25, 0.3) is 0 Å². The average Bonchev–Trinajstić information content (AvgIpc) is 2.38. The first-order valence-corrected chi connectivity index (χ1v) is 9.26. The van der Waals surface area contributed by atoms with Crippen molar-refractivity contribution in [1.29, 1.82) is 0 Å². The first-order valence-electron chi connectivity index (χ1n) is 5.52. The van der Waals surface area contributed by atoms with Crippen LogP contribution in [0, 0.1) is 5.92 Å². The van der Waals surface area contributed by atoms with Gasteiger partial charge in [-0.25, -0.2) is 16.8 Å². The zero-order valence-corrected chi connectivity index (χ0v) is 12.9. The number of rotatable bonds is 6. The highest BCUT2D eigenvalue weighted by atomic mass is 35.5. The molecule has 0 aliphatic rings. The summed E-state index contributed by atoms with van der Waals surface area (Å²) in [6.45, 7) is 1.56. The highest BCUT2D eigenvalue weighted by molar-refractivity contribution is 7.94. The van der Waals surface area contributed by atoms with Crippen molar-refractivity contribution in [1.82, 2.24) is 0 Å². The molecule has 0 fully saturated rings. The van der Waals surface area contributed by atoms with Crippen LogP contribution in [0.1, 0.15) is 6.92 Å². The molecular formula is C11H13ClF2O4S2. The Morgan fingerprint density at radius 1 is 1.10 bits per heavy atom. The predicted octanol–water partition coefficient (Wildman–Crippen LogP) is 2.33. The van der Waals surface area contributed by atoms with Crippen LogP contribution >= 0.6 is 11.6 Å². The van der Waals surface area contributed by atoms with Crippen molar-refractivity contribution < 1.29 is 25.6 Å². The van der Waals surface area contributed by atoms with Crippen LogP contribution in [0.5, 0.6) is 0 Å². The fourth-order valence-electron chi connectivity index (χ4n) is 1.55. The number of sulfone groups is 2. The molecule has 0 aliphatic heterocycles. The third-order valence-corrected chi connectivity index (χ3v) is 6.62. The van der Waals surface area contributed by atoms with Gasteiger partial charge in [-0.15, -0.1) is 11.6 Å². The van der Waals surface area contributed by atoms with Crippen molar-refractivity contribution in [3.8, 4) is 0 Å². The largest absolute Gasteiger partial charge is 0.341 e. The van der Waals surface area contributed by atoms with E-state index in [1.165, 1.54) is 12.1 Å². The number of halogens is 3. The molecule has 114 valence electrons. The van der Waals surface area contributed by atoms with Crippen molar-refractivity contribution in [3.63, 3.8) is 0 Å². The van der Waals surface area contributed by atoms with Crippen LogP contribution in [0.3, 0.4) is 0 Å². The van der Waals surface area contributed by atoms with E-state index in [1.807, 2.05) is 0 Å². The highest BCUT2D eigenvalue weighted by Gasteiger charge is 2.33. The van der Waals surface area contributed by atoms with Gasteiger partial charge in [-0.1, -0.05) is 19.1 Å². The lowest BCUT2D eigenvalue weighted by Crippen LogP contribution is -2.20. The average molecular weight is 347 g/mol. The lowest BCUT2D eigenvalue weighted by Gasteiger charge is -2.12.